The van der Waals surface area contributed by atoms with E-state index in [0.717, 1.165) is 4.90 Å². The number of fused-ring (bicyclic) bond motifs is 1. The fraction of sp³-hybridized carbons (Fsp3) is 0.188. The second-order valence-corrected chi connectivity index (χ2v) is 5.22. The first-order chi connectivity index (χ1) is 11.5. The number of aromatic nitrogens is 1. The number of pyridine rings is 1. The molecule has 0 spiro atoms. The van der Waals surface area contributed by atoms with Gasteiger partial charge in [0.1, 0.15) is 0 Å². The molecular formula is C16H13N3O5. The summed E-state index contributed by atoms with van der Waals surface area (Å²) in [7, 11) is 0. The number of hydrogen-bond donors (Lipinski definition) is 0. The number of benzene rings is 1. The molecule has 2 aromatic rings. The van der Waals surface area contributed by atoms with Gasteiger partial charge >= 0.3 is 5.82 Å². The van der Waals surface area contributed by atoms with Gasteiger partial charge < -0.3 is 14.9 Å². The van der Waals surface area contributed by atoms with Gasteiger partial charge in [-0.2, -0.15) is 0 Å². The lowest BCUT2D eigenvalue weighted by Gasteiger charge is -2.28. The SMILES string of the molecule is CC1Oc2ccc([N+](=O)[O-])nc2N(CC(=O)c2ccccc2)C1=O. The van der Waals surface area contributed by atoms with Crippen LogP contribution in [0.15, 0.2) is 42.5 Å². The highest BCUT2D eigenvalue weighted by atomic mass is 16.6. The quantitative estimate of drug-likeness (QED) is 0.483. The smallest absolute Gasteiger partial charge is 0.366 e. The van der Waals surface area contributed by atoms with E-state index in [1.807, 2.05) is 0 Å². The van der Waals surface area contributed by atoms with Gasteiger partial charge in [0, 0.05) is 11.6 Å². The van der Waals surface area contributed by atoms with Crippen molar-refractivity contribution in [3.63, 3.8) is 0 Å². The fourth-order valence-electron chi connectivity index (χ4n) is 2.39. The molecule has 24 heavy (non-hydrogen) atoms. The monoisotopic (exact) mass is 327 g/mol. The lowest BCUT2D eigenvalue weighted by molar-refractivity contribution is -0.389. The van der Waals surface area contributed by atoms with Crippen LogP contribution in [0.4, 0.5) is 11.6 Å². The largest absolute Gasteiger partial charge is 0.475 e. The molecule has 1 atom stereocenters. The molecule has 0 bridgehead atoms. The average molecular weight is 327 g/mol. The lowest BCUT2D eigenvalue weighted by atomic mass is 10.1. The molecule has 0 N–H and O–H groups in total. The van der Waals surface area contributed by atoms with E-state index in [1.54, 1.807) is 37.3 Å². The molecule has 8 heteroatoms. The first-order valence-corrected chi connectivity index (χ1v) is 7.19. The van der Waals surface area contributed by atoms with Crippen LogP contribution in [0.25, 0.3) is 0 Å². The summed E-state index contributed by atoms with van der Waals surface area (Å²) in [4.78, 5) is 40.0. The second-order valence-electron chi connectivity index (χ2n) is 5.22. The molecule has 2 heterocycles. The maximum absolute atomic E-state index is 12.4. The zero-order chi connectivity index (χ0) is 17.3. The second kappa shape index (κ2) is 6.07. The Hall–Kier alpha value is -3.29. The van der Waals surface area contributed by atoms with Crippen molar-refractivity contribution < 1.29 is 19.2 Å². The van der Waals surface area contributed by atoms with Crippen molar-refractivity contribution >= 4 is 23.3 Å². The van der Waals surface area contributed by atoms with Crippen LogP contribution >= 0.6 is 0 Å². The average Bonchev–Trinajstić information content (AvgIpc) is 2.59. The third-order valence-corrected chi connectivity index (χ3v) is 3.58. The van der Waals surface area contributed by atoms with Crippen molar-refractivity contribution in [1.29, 1.82) is 0 Å². The normalized spacial score (nSPS) is 16.3. The number of anilines is 1. The lowest BCUT2D eigenvalue weighted by Crippen LogP contribution is -2.47. The number of carbonyl (C=O) groups is 2. The Morgan fingerprint density at radius 1 is 1.29 bits per heavy atom. The number of Topliss-reactive ketones (excluding diaryl/α,β-unsaturated/α-hetero) is 1. The van der Waals surface area contributed by atoms with Crippen LogP contribution in [0.3, 0.4) is 0 Å². The van der Waals surface area contributed by atoms with E-state index in [1.165, 1.54) is 12.1 Å². The van der Waals surface area contributed by atoms with Gasteiger partial charge in [-0.1, -0.05) is 30.3 Å². The van der Waals surface area contributed by atoms with E-state index in [-0.39, 0.29) is 23.9 Å². The van der Waals surface area contributed by atoms with Crippen LogP contribution in [-0.4, -0.2) is 34.2 Å². The third-order valence-electron chi connectivity index (χ3n) is 3.58. The van der Waals surface area contributed by atoms with Gasteiger partial charge in [0.15, 0.2) is 17.6 Å². The summed E-state index contributed by atoms with van der Waals surface area (Å²) < 4.78 is 5.41. The van der Waals surface area contributed by atoms with Crippen molar-refractivity contribution in [3.05, 3.63) is 58.1 Å². The predicted molar refractivity (Wildman–Crippen MR) is 84.1 cm³/mol. The Bertz CT molecular complexity index is 822. The minimum Gasteiger partial charge on any atom is -0.475 e. The van der Waals surface area contributed by atoms with Crippen LogP contribution in [0.5, 0.6) is 5.75 Å². The van der Waals surface area contributed by atoms with E-state index < -0.39 is 22.8 Å². The highest BCUT2D eigenvalue weighted by Crippen LogP contribution is 2.34. The summed E-state index contributed by atoms with van der Waals surface area (Å²) in [5, 5.41) is 10.9. The molecule has 0 aliphatic carbocycles. The summed E-state index contributed by atoms with van der Waals surface area (Å²) in [6.07, 6.45) is -0.802. The molecular weight excluding hydrogens is 314 g/mol. The summed E-state index contributed by atoms with van der Waals surface area (Å²) >= 11 is 0. The van der Waals surface area contributed by atoms with Gasteiger partial charge in [0.2, 0.25) is 0 Å². The summed E-state index contributed by atoms with van der Waals surface area (Å²) in [5.74, 6) is -0.973. The Kier molecular flexibility index (Phi) is 3.95. The van der Waals surface area contributed by atoms with E-state index in [2.05, 4.69) is 4.98 Å². The third kappa shape index (κ3) is 2.81. The van der Waals surface area contributed by atoms with E-state index in [4.69, 9.17) is 4.74 Å². The number of nitro groups is 1. The Labute approximate surface area is 136 Å². The fourth-order valence-corrected chi connectivity index (χ4v) is 2.39. The van der Waals surface area contributed by atoms with Gasteiger partial charge in [-0.25, -0.2) is 0 Å². The standard InChI is InChI=1S/C16H13N3O5/c1-10-16(21)18(9-12(20)11-5-3-2-4-6-11)15-13(24-10)7-8-14(17-15)19(22)23/h2-8,10H,9H2,1H3. The number of ether oxygens (including phenoxy) is 1. The van der Waals surface area contributed by atoms with Crippen molar-refractivity contribution in [1.82, 2.24) is 4.98 Å². The minimum atomic E-state index is -0.802. The van der Waals surface area contributed by atoms with E-state index >= 15 is 0 Å². The molecule has 1 unspecified atom stereocenters. The highest BCUT2D eigenvalue weighted by molar-refractivity contribution is 6.07. The highest BCUT2D eigenvalue weighted by Gasteiger charge is 2.37. The van der Waals surface area contributed by atoms with Gasteiger partial charge in [0.05, 0.1) is 6.54 Å². The van der Waals surface area contributed by atoms with Crippen LogP contribution in [0.1, 0.15) is 17.3 Å². The first kappa shape index (κ1) is 15.6. The molecule has 0 saturated carbocycles. The van der Waals surface area contributed by atoms with E-state index in [9.17, 15) is 19.7 Å². The molecule has 122 valence electrons. The van der Waals surface area contributed by atoms with E-state index in [0.29, 0.717) is 5.56 Å². The van der Waals surface area contributed by atoms with Crippen molar-refractivity contribution in [2.45, 2.75) is 13.0 Å². The first-order valence-electron chi connectivity index (χ1n) is 7.19. The molecule has 1 aromatic carbocycles. The Morgan fingerprint density at radius 3 is 2.67 bits per heavy atom. The maximum atomic E-state index is 12.4. The van der Waals surface area contributed by atoms with Crippen LogP contribution < -0.4 is 9.64 Å². The summed E-state index contributed by atoms with van der Waals surface area (Å²) in [6, 6.07) is 11.1. The minimum absolute atomic E-state index is 0.0171. The zero-order valence-electron chi connectivity index (χ0n) is 12.7. The number of amides is 1. The Morgan fingerprint density at radius 2 is 2.00 bits per heavy atom. The van der Waals surface area contributed by atoms with Crippen LogP contribution in [0, 0.1) is 10.1 Å². The zero-order valence-corrected chi connectivity index (χ0v) is 12.7. The predicted octanol–water partition coefficient (Wildman–Crippen LogP) is 1.99. The van der Waals surface area contributed by atoms with Gasteiger partial charge in [0.25, 0.3) is 11.7 Å². The van der Waals surface area contributed by atoms with Gasteiger partial charge in [-0.15, -0.1) is 0 Å². The number of ketones is 1. The van der Waals surface area contributed by atoms with Crippen LogP contribution in [0.2, 0.25) is 0 Å². The molecule has 8 nitrogen and oxygen atoms in total. The number of carbonyl (C=O) groups excluding carboxylic acids is 2. The Balaban J connectivity index is 1.97. The number of hydrogen-bond acceptors (Lipinski definition) is 6. The molecule has 0 radical (unpaired) electrons. The maximum Gasteiger partial charge on any atom is 0.366 e. The van der Waals surface area contributed by atoms with Crippen molar-refractivity contribution in [2.24, 2.45) is 0 Å². The van der Waals surface area contributed by atoms with Crippen molar-refractivity contribution in [2.75, 3.05) is 11.4 Å². The molecule has 1 aliphatic rings. The molecule has 1 aromatic heterocycles. The molecule has 3 rings (SSSR count). The number of nitrogens with zero attached hydrogens (tertiary/aromatic N) is 3. The molecule has 0 saturated heterocycles. The van der Waals surface area contributed by atoms with Gasteiger partial charge in [-0.05, 0) is 22.9 Å². The molecule has 1 amide bonds. The van der Waals surface area contributed by atoms with Crippen LogP contribution in [-0.2, 0) is 4.79 Å². The number of rotatable bonds is 4. The molecule has 0 fully saturated rings. The van der Waals surface area contributed by atoms with Crippen molar-refractivity contribution in [3.8, 4) is 5.75 Å². The topological polar surface area (TPSA) is 103 Å². The summed E-state index contributed by atoms with van der Waals surface area (Å²) in [6.45, 7) is 1.28. The molecule has 1 aliphatic heterocycles. The summed E-state index contributed by atoms with van der Waals surface area (Å²) in [5.41, 5.74) is 0.441. The van der Waals surface area contributed by atoms with Gasteiger partial charge in [-0.3, -0.25) is 14.5 Å².